The molecule has 1 aliphatic rings. The minimum absolute atomic E-state index is 0.288. The van der Waals surface area contributed by atoms with Crippen LogP contribution in [0, 0.1) is 0 Å². The van der Waals surface area contributed by atoms with Crippen LogP contribution in [0.5, 0.6) is 5.75 Å². The van der Waals surface area contributed by atoms with Crippen molar-refractivity contribution < 1.29 is 4.74 Å². The number of aromatic nitrogens is 4. The summed E-state index contributed by atoms with van der Waals surface area (Å²) in [5.74, 6) is 1.47. The second-order valence-electron chi connectivity index (χ2n) is 6.75. The lowest BCUT2D eigenvalue weighted by atomic mass is 9.97. The molecular weight excluding hydrogens is 383 g/mol. The zero-order chi connectivity index (χ0) is 18.6. The second kappa shape index (κ2) is 8.28. The molecule has 1 fully saturated rings. The van der Waals surface area contributed by atoms with Gasteiger partial charge in [-0.15, -0.1) is 5.10 Å². The Bertz CT molecular complexity index is 922. The van der Waals surface area contributed by atoms with Crippen molar-refractivity contribution in [1.82, 2.24) is 20.2 Å². The van der Waals surface area contributed by atoms with Gasteiger partial charge in [-0.25, -0.2) is 4.68 Å². The molecular formula is C20H20Cl2N4O. The standard InChI is InChI=1S/C20H20Cl2N4O/c21-17-11-6-10-16(19(17)22)20-23-24-25-26(20)13-14-7-4-5-12-18(14)27-15-8-2-1-3-9-15/h4-7,10-12,15H,1-3,8-9,13H2. The molecule has 1 aliphatic carbocycles. The van der Waals surface area contributed by atoms with Crippen LogP contribution in [0.1, 0.15) is 37.7 Å². The van der Waals surface area contributed by atoms with Gasteiger partial charge in [-0.05, 0) is 54.3 Å². The molecule has 0 bridgehead atoms. The summed E-state index contributed by atoms with van der Waals surface area (Å²) < 4.78 is 8.02. The van der Waals surface area contributed by atoms with E-state index in [1.54, 1.807) is 10.7 Å². The first-order chi connectivity index (χ1) is 13.2. The molecule has 0 radical (unpaired) electrons. The highest BCUT2D eigenvalue weighted by Crippen LogP contribution is 2.33. The van der Waals surface area contributed by atoms with Crippen LogP contribution < -0.4 is 4.74 Å². The largest absolute Gasteiger partial charge is 0.490 e. The van der Waals surface area contributed by atoms with Gasteiger partial charge in [0.1, 0.15) is 5.75 Å². The SMILES string of the molecule is Clc1cccc(-c2nnnn2Cc2ccccc2OC2CCCCC2)c1Cl. The fraction of sp³-hybridized carbons (Fsp3) is 0.350. The number of benzene rings is 2. The highest BCUT2D eigenvalue weighted by Gasteiger charge is 2.18. The van der Waals surface area contributed by atoms with E-state index >= 15 is 0 Å². The van der Waals surface area contributed by atoms with Crippen molar-refractivity contribution in [2.24, 2.45) is 0 Å². The average Bonchev–Trinajstić information content (AvgIpc) is 3.14. The Morgan fingerprint density at radius 2 is 1.81 bits per heavy atom. The molecule has 1 heterocycles. The Balaban J connectivity index is 1.61. The van der Waals surface area contributed by atoms with E-state index in [0.717, 1.165) is 24.2 Å². The highest BCUT2D eigenvalue weighted by atomic mass is 35.5. The fourth-order valence-corrected chi connectivity index (χ4v) is 3.84. The Morgan fingerprint density at radius 3 is 2.67 bits per heavy atom. The molecule has 4 rings (SSSR count). The Morgan fingerprint density at radius 1 is 1.00 bits per heavy atom. The first-order valence-electron chi connectivity index (χ1n) is 9.17. The van der Waals surface area contributed by atoms with E-state index in [0.29, 0.717) is 28.0 Å². The maximum Gasteiger partial charge on any atom is 0.183 e. The molecule has 2 aromatic carbocycles. The number of nitrogens with zero attached hydrogens (tertiary/aromatic N) is 4. The van der Waals surface area contributed by atoms with Gasteiger partial charge in [-0.3, -0.25) is 0 Å². The number of para-hydroxylation sites is 1. The summed E-state index contributed by atoms with van der Waals surface area (Å²) in [5, 5.41) is 13.0. The molecule has 3 aromatic rings. The molecule has 0 unspecified atom stereocenters. The Labute approximate surface area is 168 Å². The zero-order valence-electron chi connectivity index (χ0n) is 14.8. The number of tetrazole rings is 1. The van der Waals surface area contributed by atoms with E-state index in [9.17, 15) is 0 Å². The minimum Gasteiger partial charge on any atom is -0.490 e. The topological polar surface area (TPSA) is 52.8 Å². The average molecular weight is 403 g/mol. The van der Waals surface area contributed by atoms with Crippen molar-refractivity contribution in [1.29, 1.82) is 0 Å². The normalized spacial score (nSPS) is 15.0. The van der Waals surface area contributed by atoms with Crippen LogP contribution in [0.3, 0.4) is 0 Å². The monoisotopic (exact) mass is 402 g/mol. The summed E-state index contributed by atoms with van der Waals surface area (Å²) in [4.78, 5) is 0. The van der Waals surface area contributed by atoms with Gasteiger partial charge in [0.25, 0.3) is 0 Å². The molecule has 0 amide bonds. The molecule has 0 spiro atoms. The number of hydrogen-bond acceptors (Lipinski definition) is 4. The lowest BCUT2D eigenvalue weighted by Gasteiger charge is -2.24. The van der Waals surface area contributed by atoms with Crippen LogP contribution >= 0.6 is 23.2 Å². The summed E-state index contributed by atoms with van der Waals surface area (Å²) in [5.41, 5.74) is 1.75. The van der Waals surface area contributed by atoms with E-state index in [4.69, 9.17) is 27.9 Å². The van der Waals surface area contributed by atoms with Crippen LogP contribution in [0.15, 0.2) is 42.5 Å². The van der Waals surface area contributed by atoms with Crippen LogP contribution in [0.4, 0.5) is 0 Å². The second-order valence-corrected chi connectivity index (χ2v) is 7.53. The third-order valence-electron chi connectivity index (χ3n) is 4.86. The maximum absolute atomic E-state index is 6.35. The van der Waals surface area contributed by atoms with Gasteiger partial charge >= 0.3 is 0 Å². The van der Waals surface area contributed by atoms with Crippen molar-refractivity contribution in [3.63, 3.8) is 0 Å². The number of ether oxygens (including phenoxy) is 1. The smallest absolute Gasteiger partial charge is 0.183 e. The van der Waals surface area contributed by atoms with Crippen molar-refractivity contribution in [2.75, 3.05) is 0 Å². The summed E-state index contributed by atoms with van der Waals surface area (Å²) in [6, 6.07) is 13.5. The van der Waals surface area contributed by atoms with Crippen LogP contribution in [-0.2, 0) is 6.54 Å². The lowest BCUT2D eigenvalue weighted by molar-refractivity contribution is 0.153. The predicted molar refractivity (Wildman–Crippen MR) is 106 cm³/mol. The Hall–Kier alpha value is -2.11. The van der Waals surface area contributed by atoms with Crippen molar-refractivity contribution >= 4 is 23.2 Å². The quantitative estimate of drug-likeness (QED) is 0.572. The van der Waals surface area contributed by atoms with E-state index in [1.807, 2.05) is 36.4 Å². The van der Waals surface area contributed by atoms with Crippen LogP contribution in [0.2, 0.25) is 10.0 Å². The van der Waals surface area contributed by atoms with Crippen molar-refractivity contribution in [3.8, 4) is 17.1 Å². The van der Waals surface area contributed by atoms with E-state index in [2.05, 4.69) is 15.5 Å². The first kappa shape index (κ1) is 18.3. The van der Waals surface area contributed by atoms with Gasteiger partial charge in [0, 0.05) is 11.1 Å². The Kier molecular flexibility index (Phi) is 5.60. The van der Waals surface area contributed by atoms with Gasteiger partial charge in [0.15, 0.2) is 5.82 Å². The minimum atomic E-state index is 0.288. The third kappa shape index (κ3) is 4.09. The molecule has 5 nitrogen and oxygen atoms in total. The molecule has 27 heavy (non-hydrogen) atoms. The number of rotatable bonds is 5. The van der Waals surface area contributed by atoms with E-state index in [1.165, 1.54) is 19.3 Å². The van der Waals surface area contributed by atoms with Crippen LogP contribution in [-0.4, -0.2) is 26.3 Å². The van der Waals surface area contributed by atoms with Crippen molar-refractivity contribution in [2.45, 2.75) is 44.8 Å². The molecule has 1 saturated carbocycles. The molecule has 7 heteroatoms. The zero-order valence-corrected chi connectivity index (χ0v) is 16.3. The third-order valence-corrected chi connectivity index (χ3v) is 5.68. The summed E-state index contributed by atoms with van der Waals surface area (Å²) in [6.45, 7) is 0.494. The van der Waals surface area contributed by atoms with Gasteiger partial charge < -0.3 is 4.74 Å². The van der Waals surface area contributed by atoms with E-state index < -0.39 is 0 Å². The molecule has 1 aromatic heterocycles. The first-order valence-corrected chi connectivity index (χ1v) is 9.93. The molecule has 140 valence electrons. The van der Waals surface area contributed by atoms with Crippen LogP contribution in [0.25, 0.3) is 11.4 Å². The molecule has 0 saturated heterocycles. The maximum atomic E-state index is 6.35. The van der Waals surface area contributed by atoms with Gasteiger partial charge in [0.05, 0.1) is 22.7 Å². The predicted octanol–water partition coefficient (Wildman–Crippen LogP) is 5.41. The lowest BCUT2D eigenvalue weighted by Crippen LogP contribution is -2.20. The van der Waals surface area contributed by atoms with Gasteiger partial charge in [0.2, 0.25) is 0 Å². The molecule has 0 aliphatic heterocycles. The summed E-state index contributed by atoms with van der Waals surface area (Å²) in [7, 11) is 0. The van der Waals surface area contributed by atoms with E-state index in [-0.39, 0.29) is 6.10 Å². The summed E-state index contributed by atoms with van der Waals surface area (Å²) >= 11 is 12.5. The number of halogens is 2. The summed E-state index contributed by atoms with van der Waals surface area (Å²) in [6.07, 6.45) is 6.28. The van der Waals surface area contributed by atoms with Gasteiger partial charge in [-0.2, -0.15) is 0 Å². The van der Waals surface area contributed by atoms with Gasteiger partial charge in [-0.1, -0.05) is 53.9 Å². The number of hydrogen-bond donors (Lipinski definition) is 0. The molecule has 0 atom stereocenters. The highest BCUT2D eigenvalue weighted by molar-refractivity contribution is 6.43. The van der Waals surface area contributed by atoms with Crippen molar-refractivity contribution in [3.05, 3.63) is 58.1 Å². The fourth-order valence-electron chi connectivity index (χ4n) is 3.45. The molecule has 0 N–H and O–H groups in total.